The lowest BCUT2D eigenvalue weighted by Gasteiger charge is -2.28. The van der Waals surface area contributed by atoms with Crippen molar-refractivity contribution in [2.75, 3.05) is 0 Å². The molecule has 3 rings (SSSR count). The molecule has 1 saturated heterocycles. The lowest BCUT2D eigenvalue weighted by atomic mass is 9.92. The first-order valence-electron chi connectivity index (χ1n) is 8.10. The molecule has 0 saturated carbocycles. The molecule has 2 aromatic carbocycles. The minimum Gasteiger partial charge on any atom is -0.441 e. The van der Waals surface area contributed by atoms with Crippen LogP contribution in [-0.2, 0) is 22.4 Å². The Labute approximate surface area is 142 Å². The highest BCUT2D eigenvalue weighted by Gasteiger charge is 2.50. The predicted octanol–water partition coefficient (Wildman–Crippen LogP) is 3.60. The third-order valence-corrected chi connectivity index (χ3v) is 4.40. The molecule has 0 bridgehead atoms. The summed E-state index contributed by atoms with van der Waals surface area (Å²) in [5, 5.41) is 0. The van der Waals surface area contributed by atoms with Gasteiger partial charge in [0, 0.05) is 0 Å². The first-order valence-corrected chi connectivity index (χ1v) is 8.10. The Morgan fingerprint density at radius 1 is 1.00 bits per heavy atom. The first-order chi connectivity index (χ1) is 11.5. The molecule has 0 aliphatic carbocycles. The van der Waals surface area contributed by atoms with Crippen LogP contribution < -0.4 is 0 Å². The molecule has 1 aliphatic heterocycles. The Kier molecular flexibility index (Phi) is 4.38. The van der Waals surface area contributed by atoms with E-state index in [1.54, 1.807) is 0 Å². The molecule has 4 nitrogen and oxygen atoms in total. The van der Waals surface area contributed by atoms with Gasteiger partial charge >= 0.3 is 6.09 Å². The van der Waals surface area contributed by atoms with Crippen LogP contribution in [0.5, 0.6) is 0 Å². The number of imide groups is 1. The normalized spacial score (nSPS) is 19.2. The molecular formula is C20H21NO3. The Morgan fingerprint density at radius 3 is 2.12 bits per heavy atom. The van der Waals surface area contributed by atoms with Crippen LogP contribution in [0, 0.1) is 0 Å². The molecule has 0 N–H and O–H groups in total. The van der Waals surface area contributed by atoms with E-state index in [4.69, 9.17) is 4.74 Å². The van der Waals surface area contributed by atoms with Gasteiger partial charge in [-0.3, -0.25) is 4.79 Å². The molecule has 0 aromatic heterocycles. The van der Waals surface area contributed by atoms with Crippen molar-refractivity contribution in [3.8, 4) is 0 Å². The maximum absolute atomic E-state index is 12.7. The molecule has 124 valence electrons. The van der Waals surface area contributed by atoms with Gasteiger partial charge in [-0.05, 0) is 31.4 Å². The topological polar surface area (TPSA) is 46.6 Å². The minimum atomic E-state index is -0.709. The third kappa shape index (κ3) is 3.32. The lowest BCUT2D eigenvalue weighted by Crippen LogP contribution is -2.46. The van der Waals surface area contributed by atoms with E-state index in [1.807, 2.05) is 74.5 Å². The van der Waals surface area contributed by atoms with Crippen LogP contribution in [0.4, 0.5) is 4.79 Å². The summed E-state index contributed by atoms with van der Waals surface area (Å²) in [4.78, 5) is 26.3. The van der Waals surface area contributed by atoms with Gasteiger partial charge in [0.1, 0.15) is 5.60 Å². The van der Waals surface area contributed by atoms with E-state index in [0.717, 1.165) is 11.1 Å². The fourth-order valence-corrected chi connectivity index (χ4v) is 3.09. The zero-order valence-electron chi connectivity index (χ0n) is 13.9. The molecule has 24 heavy (non-hydrogen) atoms. The van der Waals surface area contributed by atoms with E-state index < -0.39 is 11.7 Å². The number of benzene rings is 2. The molecule has 0 unspecified atom stereocenters. The number of rotatable bonds is 4. The Bertz CT molecular complexity index is 725. The largest absolute Gasteiger partial charge is 0.441 e. The van der Waals surface area contributed by atoms with E-state index >= 15 is 0 Å². The maximum atomic E-state index is 12.7. The SMILES string of the molecule is CC1(C)OC(=O)N(C(=O)Cc2ccccc2)[C@H]1Cc1ccccc1. The highest BCUT2D eigenvalue weighted by molar-refractivity contribution is 5.95. The number of carbonyl (C=O) groups is 2. The van der Waals surface area contributed by atoms with Crippen LogP contribution in [-0.4, -0.2) is 28.5 Å². The number of ether oxygens (including phenoxy) is 1. The predicted molar refractivity (Wildman–Crippen MR) is 91.5 cm³/mol. The molecule has 0 radical (unpaired) electrons. The van der Waals surface area contributed by atoms with Gasteiger partial charge in [-0.15, -0.1) is 0 Å². The fourth-order valence-electron chi connectivity index (χ4n) is 3.09. The van der Waals surface area contributed by atoms with E-state index in [-0.39, 0.29) is 18.4 Å². The van der Waals surface area contributed by atoms with E-state index in [2.05, 4.69) is 0 Å². The van der Waals surface area contributed by atoms with Gasteiger partial charge in [-0.25, -0.2) is 9.69 Å². The van der Waals surface area contributed by atoms with Crippen molar-refractivity contribution in [2.24, 2.45) is 0 Å². The number of amides is 2. The average Bonchev–Trinajstić information content (AvgIpc) is 2.78. The monoisotopic (exact) mass is 323 g/mol. The summed E-state index contributed by atoms with van der Waals surface area (Å²) in [5.74, 6) is -0.224. The summed E-state index contributed by atoms with van der Waals surface area (Å²) in [7, 11) is 0. The Hall–Kier alpha value is -2.62. The maximum Gasteiger partial charge on any atom is 0.417 e. The summed E-state index contributed by atoms with van der Waals surface area (Å²) in [6, 6.07) is 19.0. The molecule has 0 spiro atoms. The molecular weight excluding hydrogens is 302 g/mol. The number of hydrogen-bond acceptors (Lipinski definition) is 3. The van der Waals surface area contributed by atoms with Crippen LogP contribution in [0.3, 0.4) is 0 Å². The van der Waals surface area contributed by atoms with Gasteiger partial charge < -0.3 is 4.74 Å². The summed E-state index contributed by atoms with van der Waals surface area (Å²) in [6.45, 7) is 3.71. The van der Waals surface area contributed by atoms with Gasteiger partial charge in [0.15, 0.2) is 0 Å². The smallest absolute Gasteiger partial charge is 0.417 e. The summed E-state index contributed by atoms with van der Waals surface area (Å²) < 4.78 is 5.47. The van der Waals surface area contributed by atoms with E-state index in [0.29, 0.717) is 6.42 Å². The van der Waals surface area contributed by atoms with Crippen LogP contribution >= 0.6 is 0 Å². The van der Waals surface area contributed by atoms with Gasteiger partial charge in [0.2, 0.25) is 5.91 Å². The molecule has 1 fully saturated rings. The van der Waals surface area contributed by atoms with Crippen molar-refractivity contribution < 1.29 is 14.3 Å². The quantitative estimate of drug-likeness (QED) is 0.864. The van der Waals surface area contributed by atoms with Crippen LogP contribution in [0.2, 0.25) is 0 Å². The molecule has 2 amide bonds. The molecule has 4 heteroatoms. The van der Waals surface area contributed by atoms with Gasteiger partial charge in [-0.1, -0.05) is 60.7 Å². The number of cyclic esters (lactones) is 1. The fraction of sp³-hybridized carbons (Fsp3) is 0.300. The second-order valence-electron chi connectivity index (χ2n) is 6.60. The van der Waals surface area contributed by atoms with Gasteiger partial charge in [0.25, 0.3) is 0 Å². The second kappa shape index (κ2) is 6.48. The standard InChI is InChI=1S/C20H21NO3/c1-20(2)17(13-15-9-5-3-6-10-15)21(19(23)24-20)18(22)14-16-11-7-4-8-12-16/h3-12,17H,13-14H2,1-2H3/t17-/m0/s1. The minimum absolute atomic E-state index is 0.192. The summed E-state index contributed by atoms with van der Waals surface area (Å²) in [6.07, 6.45) is 0.221. The van der Waals surface area contributed by atoms with Crippen LogP contribution in [0.1, 0.15) is 25.0 Å². The van der Waals surface area contributed by atoms with Gasteiger partial charge in [0.05, 0.1) is 12.5 Å². The highest BCUT2D eigenvalue weighted by Crippen LogP contribution is 2.32. The van der Waals surface area contributed by atoms with Crippen molar-refractivity contribution in [3.05, 3.63) is 71.8 Å². The molecule has 2 aromatic rings. The third-order valence-electron chi connectivity index (χ3n) is 4.40. The van der Waals surface area contributed by atoms with Crippen LogP contribution in [0.15, 0.2) is 60.7 Å². The van der Waals surface area contributed by atoms with Gasteiger partial charge in [-0.2, -0.15) is 0 Å². The summed E-state index contributed by atoms with van der Waals surface area (Å²) in [5.41, 5.74) is 1.25. The number of nitrogens with zero attached hydrogens (tertiary/aromatic N) is 1. The van der Waals surface area contributed by atoms with Crippen molar-refractivity contribution in [3.63, 3.8) is 0 Å². The van der Waals surface area contributed by atoms with Crippen molar-refractivity contribution >= 4 is 12.0 Å². The molecule has 1 atom stereocenters. The Morgan fingerprint density at radius 2 is 1.54 bits per heavy atom. The highest BCUT2D eigenvalue weighted by atomic mass is 16.6. The Balaban J connectivity index is 1.83. The van der Waals surface area contributed by atoms with E-state index in [9.17, 15) is 9.59 Å². The summed E-state index contributed by atoms with van der Waals surface area (Å²) >= 11 is 0. The first kappa shape index (κ1) is 16.2. The number of hydrogen-bond donors (Lipinski definition) is 0. The zero-order chi connectivity index (χ0) is 17.2. The average molecular weight is 323 g/mol. The zero-order valence-corrected chi connectivity index (χ0v) is 13.9. The van der Waals surface area contributed by atoms with Crippen molar-refractivity contribution in [1.82, 2.24) is 4.90 Å². The molecule has 1 aliphatic rings. The van der Waals surface area contributed by atoms with Crippen LogP contribution in [0.25, 0.3) is 0 Å². The van der Waals surface area contributed by atoms with E-state index in [1.165, 1.54) is 4.90 Å². The van der Waals surface area contributed by atoms with Crippen molar-refractivity contribution in [2.45, 2.75) is 38.3 Å². The van der Waals surface area contributed by atoms with Crippen molar-refractivity contribution in [1.29, 1.82) is 0 Å². The molecule has 1 heterocycles. The second-order valence-corrected chi connectivity index (χ2v) is 6.60. The number of carbonyl (C=O) groups excluding carboxylic acids is 2. The lowest BCUT2D eigenvalue weighted by molar-refractivity contribution is -0.128.